The molecule has 0 bridgehead atoms. The molecule has 0 radical (unpaired) electrons. The van der Waals surface area contributed by atoms with Gasteiger partial charge in [0.15, 0.2) is 11.6 Å². The van der Waals surface area contributed by atoms with E-state index >= 15 is 0 Å². The van der Waals surface area contributed by atoms with Crippen molar-refractivity contribution in [3.05, 3.63) is 41.0 Å². The molecule has 0 amide bonds. The molecule has 0 spiro atoms. The number of aromatic nitrogens is 3. The maximum absolute atomic E-state index is 13.1. The van der Waals surface area contributed by atoms with Gasteiger partial charge < -0.3 is 9.47 Å². The van der Waals surface area contributed by atoms with Gasteiger partial charge >= 0.3 is 5.97 Å². The van der Waals surface area contributed by atoms with Crippen LogP contribution in [0, 0.1) is 24.3 Å². The molecule has 35 heavy (non-hydrogen) atoms. The van der Waals surface area contributed by atoms with E-state index in [4.69, 9.17) is 16.0 Å². The number of nitrogens with zero attached hydrogens (tertiary/aromatic N) is 4. The van der Waals surface area contributed by atoms with E-state index in [1.54, 1.807) is 18.2 Å². The highest BCUT2D eigenvalue weighted by Crippen LogP contribution is 2.37. The van der Waals surface area contributed by atoms with Crippen LogP contribution in [0.5, 0.6) is 5.75 Å². The number of hydrogen-bond acceptors (Lipinski definition) is 7. The zero-order valence-corrected chi connectivity index (χ0v) is 21.2. The van der Waals surface area contributed by atoms with Gasteiger partial charge in [-0.05, 0) is 48.8 Å². The first kappa shape index (κ1) is 24.7. The second kappa shape index (κ2) is 9.34. The Labute approximate surface area is 205 Å². The van der Waals surface area contributed by atoms with Crippen LogP contribution in [-0.4, -0.2) is 48.6 Å². The lowest BCUT2D eigenvalue weighted by atomic mass is 9.75. The zero-order valence-electron chi connectivity index (χ0n) is 20.4. The van der Waals surface area contributed by atoms with E-state index in [0.717, 1.165) is 19.1 Å². The topological polar surface area (TPSA) is 117 Å². The normalized spacial score (nSPS) is 24.0. The molecule has 2 aliphatic rings. The summed E-state index contributed by atoms with van der Waals surface area (Å²) in [6.45, 7) is 14.2. The molecule has 2 aromatic rings. The SMILES string of the molecule is [C-]#[N+]C1=C(C(=O)OC2C(C)CC(C)CC2C)Cn2nc(-c3ccc(OC)c(NS(C)(=O)=O)c3)nc21. The lowest BCUT2D eigenvalue weighted by Crippen LogP contribution is -2.37. The summed E-state index contributed by atoms with van der Waals surface area (Å²) in [7, 11) is -2.09. The molecule has 1 saturated carbocycles. The van der Waals surface area contributed by atoms with Crippen LogP contribution in [0.25, 0.3) is 21.9 Å². The molecule has 2 unspecified atom stereocenters. The van der Waals surface area contributed by atoms with Gasteiger partial charge in [-0.3, -0.25) is 9.40 Å². The first-order chi connectivity index (χ1) is 16.5. The number of methoxy groups -OCH3 is 1. The van der Waals surface area contributed by atoms with Crippen molar-refractivity contribution >= 4 is 27.4 Å². The first-order valence-corrected chi connectivity index (χ1v) is 13.3. The number of hydrogen-bond donors (Lipinski definition) is 1. The minimum absolute atomic E-state index is 0.0926. The van der Waals surface area contributed by atoms with Crippen molar-refractivity contribution in [1.29, 1.82) is 0 Å². The van der Waals surface area contributed by atoms with Crippen molar-refractivity contribution in [2.24, 2.45) is 17.8 Å². The minimum atomic E-state index is -3.53. The summed E-state index contributed by atoms with van der Waals surface area (Å²) >= 11 is 0. The van der Waals surface area contributed by atoms with Crippen LogP contribution in [0.1, 0.15) is 39.4 Å². The van der Waals surface area contributed by atoms with Crippen LogP contribution in [0.4, 0.5) is 5.69 Å². The number of carbonyl (C=O) groups excluding carboxylic acids is 1. The number of carbonyl (C=O) groups is 1. The summed E-state index contributed by atoms with van der Waals surface area (Å²) in [4.78, 5) is 21.1. The summed E-state index contributed by atoms with van der Waals surface area (Å²) in [6, 6.07) is 4.87. The van der Waals surface area contributed by atoms with E-state index < -0.39 is 16.0 Å². The van der Waals surface area contributed by atoms with Gasteiger partial charge in [-0.25, -0.2) is 23.0 Å². The highest BCUT2D eigenvalue weighted by Gasteiger charge is 2.37. The van der Waals surface area contributed by atoms with E-state index in [9.17, 15) is 13.2 Å². The molecule has 1 aliphatic carbocycles. The van der Waals surface area contributed by atoms with Gasteiger partial charge in [-0.15, -0.1) is 0 Å². The Balaban J connectivity index is 1.60. The predicted octanol–water partition coefficient (Wildman–Crippen LogP) is 3.58. The summed E-state index contributed by atoms with van der Waals surface area (Å²) in [5, 5.41) is 4.47. The number of rotatable bonds is 6. The highest BCUT2D eigenvalue weighted by molar-refractivity contribution is 7.92. The molecule has 2 heterocycles. The molecule has 10 nitrogen and oxygen atoms in total. The summed E-state index contributed by atoms with van der Waals surface area (Å²) in [5.41, 5.74) is 1.17. The average Bonchev–Trinajstić information content (AvgIpc) is 3.33. The van der Waals surface area contributed by atoms with Crippen LogP contribution >= 0.6 is 0 Å². The Morgan fingerprint density at radius 3 is 2.51 bits per heavy atom. The standard InChI is InChI=1S/C24H29N5O5S/c1-13-9-14(2)21(15(3)10-13)34-24(30)17-12-29-23(20(17)25-4)26-22(27-29)16-7-8-19(33-5)18(11-16)28-35(6,31)32/h7-8,11,13-15,21,28H,9-10,12H2,1-3,5-6H3. The fourth-order valence-corrected chi connectivity index (χ4v) is 5.70. The van der Waals surface area contributed by atoms with Crippen LogP contribution in [0.3, 0.4) is 0 Å². The molecule has 1 aromatic carbocycles. The highest BCUT2D eigenvalue weighted by atomic mass is 32.2. The van der Waals surface area contributed by atoms with Gasteiger partial charge in [-0.1, -0.05) is 20.8 Å². The van der Waals surface area contributed by atoms with E-state index in [2.05, 4.69) is 40.4 Å². The van der Waals surface area contributed by atoms with Gasteiger partial charge in [0.25, 0.3) is 0 Å². The second-order valence-corrected chi connectivity index (χ2v) is 11.3. The van der Waals surface area contributed by atoms with E-state index in [1.807, 2.05) is 0 Å². The third-order valence-corrected chi connectivity index (χ3v) is 7.09. The molecule has 0 saturated heterocycles. The number of fused-ring (bicyclic) bond motifs is 1. The summed E-state index contributed by atoms with van der Waals surface area (Å²) in [5.74, 6) is 1.54. The van der Waals surface area contributed by atoms with Crippen LogP contribution in [0.15, 0.2) is 23.8 Å². The Bertz CT molecular complexity index is 1330. The maximum atomic E-state index is 13.1. The number of sulfonamides is 1. The molecule has 1 N–H and O–H groups in total. The maximum Gasteiger partial charge on any atom is 0.325 e. The zero-order chi connectivity index (χ0) is 25.5. The Morgan fingerprint density at radius 1 is 1.23 bits per heavy atom. The van der Waals surface area contributed by atoms with E-state index in [-0.39, 0.29) is 47.3 Å². The number of anilines is 1. The van der Waals surface area contributed by atoms with Crippen molar-refractivity contribution in [3.8, 4) is 17.1 Å². The molecule has 1 fully saturated rings. The molecule has 2 atom stereocenters. The first-order valence-electron chi connectivity index (χ1n) is 11.4. The van der Waals surface area contributed by atoms with Gasteiger partial charge in [-0.2, -0.15) is 5.10 Å². The molecule has 4 rings (SSSR count). The number of benzene rings is 1. The molecular weight excluding hydrogens is 470 g/mol. The van der Waals surface area contributed by atoms with Crippen molar-refractivity contribution in [1.82, 2.24) is 14.8 Å². The number of ether oxygens (including phenoxy) is 2. The largest absolute Gasteiger partial charge is 0.495 e. The second-order valence-electron chi connectivity index (χ2n) is 9.55. The quantitative estimate of drug-likeness (QED) is 0.477. The molecule has 1 aliphatic heterocycles. The molecular formula is C24H29N5O5S. The number of nitrogens with one attached hydrogen (secondary N) is 1. The lowest BCUT2D eigenvalue weighted by molar-refractivity contribution is -0.153. The van der Waals surface area contributed by atoms with E-state index in [0.29, 0.717) is 23.1 Å². The Morgan fingerprint density at radius 2 is 1.91 bits per heavy atom. The van der Waals surface area contributed by atoms with Crippen LogP contribution in [-0.2, 0) is 26.1 Å². The van der Waals surface area contributed by atoms with Crippen molar-refractivity contribution in [2.75, 3.05) is 18.1 Å². The van der Waals surface area contributed by atoms with Crippen LogP contribution in [0.2, 0.25) is 0 Å². The van der Waals surface area contributed by atoms with Crippen molar-refractivity contribution < 1.29 is 22.7 Å². The van der Waals surface area contributed by atoms with Gasteiger partial charge in [0.1, 0.15) is 11.9 Å². The third-order valence-electron chi connectivity index (χ3n) is 6.50. The predicted molar refractivity (Wildman–Crippen MR) is 131 cm³/mol. The van der Waals surface area contributed by atoms with Gasteiger partial charge in [0, 0.05) is 5.56 Å². The van der Waals surface area contributed by atoms with E-state index in [1.165, 1.54) is 11.8 Å². The average molecular weight is 500 g/mol. The van der Waals surface area contributed by atoms with Crippen molar-refractivity contribution in [2.45, 2.75) is 46.3 Å². The smallest absolute Gasteiger partial charge is 0.325 e. The summed E-state index contributed by atoms with van der Waals surface area (Å²) in [6.07, 6.45) is 2.86. The van der Waals surface area contributed by atoms with Gasteiger partial charge in [0.2, 0.25) is 15.7 Å². The number of esters is 1. The van der Waals surface area contributed by atoms with Crippen LogP contribution < -0.4 is 9.46 Å². The molecule has 1 aromatic heterocycles. The monoisotopic (exact) mass is 499 g/mol. The molecule has 11 heteroatoms. The Kier molecular flexibility index (Phi) is 6.60. The van der Waals surface area contributed by atoms with Gasteiger partial charge in [0.05, 0.1) is 37.7 Å². The lowest BCUT2D eigenvalue weighted by Gasteiger charge is -2.37. The third kappa shape index (κ3) is 5.03. The minimum Gasteiger partial charge on any atom is -0.495 e. The summed E-state index contributed by atoms with van der Waals surface area (Å²) < 4.78 is 38.5. The molecule has 186 valence electrons. The fraction of sp³-hybridized carbons (Fsp3) is 0.500. The van der Waals surface area contributed by atoms with Crippen molar-refractivity contribution in [3.63, 3.8) is 0 Å². The fourth-order valence-electron chi connectivity index (χ4n) is 5.14. The Hall–Kier alpha value is -3.39.